The van der Waals surface area contributed by atoms with Gasteiger partial charge in [0, 0.05) is 12.1 Å². The van der Waals surface area contributed by atoms with E-state index in [1.165, 1.54) is 0 Å². The number of alkyl halides is 10. The van der Waals surface area contributed by atoms with Crippen molar-refractivity contribution in [2.75, 3.05) is 0 Å². The van der Waals surface area contributed by atoms with Crippen molar-refractivity contribution in [2.45, 2.75) is 42.8 Å². The van der Waals surface area contributed by atoms with Crippen LogP contribution in [-0.2, 0) is 20.0 Å². The molecule has 0 amide bonds. The maximum Gasteiger partial charge on any atom is 0.467 e. The van der Waals surface area contributed by atoms with Crippen molar-refractivity contribution in [2.24, 2.45) is 0 Å². The SMILES string of the molecule is CC(C)[n+]1ccccc1.O=S(=O)([N-]S(=O)(=O)C(F)(F)C(F)(F)F)C(F)(F)C(F)(F)F. The number of aromatic nitrogens is 1. The summed E-state index contributed by atoms with van der Waals surface area (Å²) < 4.78 is 163. The molecule has 0 atom stereocenters. The van der Waals surface area contributed by atoms with Gasteiger partial charge in [0.1, 0.15) is 0 Å². The van der Waals surface area contributed by atoms with Gasteiger partial charge in [-0.25, -0.2) is 21.4 Å². The van der Waals surface area contributed by atoms with E-state index in [1.807, 2.05) is 18.2 Å². The molecule has 0 bridgehead atoms. The third kappa shape index (κ3) is 6.16. The first-order valence-corrected chi connectivity index (χ1v) is 9.97. The zero-order chi connectivity index (χ0) is 24.4. The van der Waals surface area contributed by atoms with Gasteiger partial charge in [-0.15, -0.1) is 0 Å². The lowest BCUT2D eigenvalue weighted by Crippen LogP contribution is -2.48. The van der Waals surface area contributed by atoms with Crippen LogP contribution in [0.3, 0.4) is 0 Å². The molecule has 0 spiro atoms. The van der Waals surface area contributed by atoms with E-state index in [9.17, 15) is 60.7 Å². The number of nitrogens with zero attached hydrogens (tertiary/aromatic N) is 2. The molecule has 0 saturated carbocycles. The molecule has 1 rings (SSSR count). The average Bonchev–Trinajstić information content (AvgIpc) is 2.52. The Bertz CT molecular complexity index is 857. The summed E-state index contributed by atoms with van der Waals surface area (Å²) in [4.78, 5) is 0. The number of pyridine rings is 1. The van der Waals surface area contributed by atoms with E-state index in [0.717, 1.165) is 0 Å². The third-order valence-corrected chi connectivity index (χ3v) is 6.17. The van der Waals surface area contributed by atoms with Crippen LogP contribution in [0.5, 0.6) is 0 Å². The highest BCUT2D eigenvalue weighted by Gasteiger charge is 2.68. The topological polar surface area (TPSA) is 86.3 Å². The number of hydrogen-bond acceptors (Lipinski definition) is 4. The molecule has 0 aliphatic heterocycles. The summed E-state index contributed by atoms with van der Waals surface area (Å²) in [7, 11) is -15.2. The number of sulfonamides is 2. The molecule has 1 aromatic rings. The molecule has 1 aromatic heterocycles. The van der Waals surface area contributed by atoms with Gasteiger partial charge in [-0.3, -0.25) is 0 Å². The van der Waals surface area contributed by atoms with Crippen LogP contribution in [0.25, 0.3) is 4.13 Å². The van der Waals surface area contributed by atoms with E-state index in [-0.39, 0.29) is 0 Å². The molecule has 176 valence electrons. The largest absolute Gasteiger partial charge is 0.467 e. The molecule has 0 fully saturated rings. The van der Waals surface area contributed by atoms with Gasteiger partial charge in [-0.2, -0.15) is 43.9 Å². The molecule has 30 heavy (non-hydrogen) atoms. The maximum absolute atomic E-state index is 12.3. The van der Waals surface area contributed by atoms with Crippen molar-refractivity contribution in [3.63, 3.8) is 0 Å². The fourth-order valence-electron chi connectivity index (χ4n) is 1.27. The van der Waals surface area contributed by atoms with Crippen molar-refractivity contribution in [1.82, 2.24) is 0 Å². The Morgan fingerprint density at radius 3 is 1.17 bits per heavy atom. The second kappa shape index (κ2) is 8.81. The highest BCUT2D eigenvalue weighted by Crippen LogP contribution is 2.47. The normalized spacial score (nSPS) is 14.3. The molecule has 0 N–H and O–H groups in total. The maximum atomic E-state index is 12.3. The number of rotatable bonds is 5. The molecular weight excluding hydrogens is 490 g/mol. The van der Waals surface area contributed by atoms with Gasteiger partial charge in [-0.05, 0) is 13.8 Å². The van der Waals surface area contributed by atoms with Gasteiger partial charge in [0.15, 0.2) is 38.5 Å². The highest BCUT2D eigenvalue weighted by molar-refractivity contribution is 8.13. The second-order valence-corrected chi connectivity index (χ2v) is 8.99. The van der Waals surface area contributed by atoms with E-state index < -0.39 is 42.9 Å². The first kappa shape index (κ1) is 28.3. The molecule has 0 saturated heterocycles. The lowest BCUT2D eigenvalue weighted by atomic mass is 10.3. The van der Waals surface area contributed by atoms with Crippen LogP contribution in [0.15, 0.2) is 30.6 Å². The van der Waals surface area contributed by atoms with Gasteiger partial charge in [0.2, 0.25) is 0 Å². The summed E-state index contributed by atoms with van der Waals surface area (Å²) >= 11 is 0. The Kier molecular flexibility index (Phi) is 8.32. The van der Waals surface area contributed by atoms with E-state index in [2.05, 4.69) is 30.8 Å². The van der Waals surface area contributed by atoms with Gasteiger partial charge < -0.3 is 4.13 Å². The van der Waals surface area contributed by atoms with Crippen LogP contribution in [0.1, 0.15) is 19.9 Å². The Labute approximate surface area is 163 Å². The van der Waals surface area contributed by atoms with Crippen molar-refractivity contribution in [3.8, 4) is 0 Å². The molecule has 0 aliphatic carbocycles. The summed E-state index contributed by atoms with van der Waals surface area (Å²) in [6.07, 6.45) is -9.86. The third-order valence-electron chi connectivity index (χ3n) is 2.84. The minimum absolute atomic E-state index is 0.422. The second-order valence-electron chi connectivity index (χ2n) is 5.47. The molecular formula is C12H12F10N2O4S2. The van der Waals surface area contributed by atoms with Crippen molar-refractivity contribution in [1.29, 1.82) is 0 Å². The summed E-state index contributed by atoms with van der Waals surface area (Å²) in [5.74, 6) is 0. The molecule has 18 heteroatoms. The van der Waals surface area contributed by atoms with Crippen molar-refractivity contribution in [3.05, 3.63) is 34.7 Å². The predicted molar refractivity (Wildman–Crippen MR) is 80.2 cm³/mol. The van der Waals surface area contributed by atoms with E-state index in [1.54, 1.807) is 0 Å². The average molecular weight is 502 g/mol. The van der Waals surface area contributed by atoms with Crippen LogP contribution >= 0.6 is 0 Å². The zero-order valence-corrected chi connectivity index (χ0v) is 16.2. The Morgan fingerprint density at radius 2 is 0.967 bits per heavy atom. The summed E-state index contributed by atoms with van der Waals surface area (Å²) in [6.45, 7) is 4.33. The standard InChI is InChI=1S/C8H12N.C4F10NO4S2/c1-8(2)9-6-4-3-5-7-9;5-1(6,7)3(11,12)20(16,17)15-21(18,19)4(13,14)2(8,9)10/h3-8H,1-2H3;/q+1;-1. The Balaban J connectivity index is 0.000000769. The minimum Gasteiger partial charge on any atom is -0.425 e. The smallest absolute Gasteiger partial charge is 0.425 e. The lowest BCUT2D eigenvalue weighted by Gasteiger charge is -2.31. The number of hydrogen-bond donors (Lipinski definition) is 0. The van der Waals surface area contributed by atoms with Crippen molar-refractivity contribution < 1.29 is 65.3 Å². The van der Waals surface area contributed by atoms with E-state index in [0.29, 0.717) is 10.2 Å². The van der Waals surface area contributed by atoms with Crippen LogP contribution in [0.4, 0.5) is 43.9 Å². The van der Waals surface area contributed by atoms with Crippen LogP contribution in [-0.4, -0.2) is 39.7 Å². The van der Waals surface area contributed by atoms with Gasteiger partial charge in [0.05, 0.1) is 0 Å². The molecule has 1 heterocycles. The van der Waals surface area contributed by atoms with E-state index in [4.69, 9.17) is 0 Å². The van der Waals surface area contributed by atoms with Crippen LogP contribution < -0.4 is 4.57 Å². The van der Waals surface area contributed by atoms with Gasteiger partial charge in [-0.1, -0.05) is 6.07 Å². The molecule has 6 nitrogen and oxygen atoms in total. The fraction of sp³-hybridized carbons (Fsp3) is 0.583. The Morgan fingerprint density at radius 1 is 0.667 bits per heavy atom. The number of halogens is 10. The first-order valence-electron chi connectivity index (χ1n) is 7.09. The monoisotopic (exact) mass is 502 g/mol. The molecule has 0 unspecified atom stereocenters. The zero-order valence-electron chi connectivity index (χ0n) is 14.6. The predicted octanol–water partition coefficient (Wildman–Crippen LogP) is 3.88. The lowest BCUT2D eigenvalue weighted by molar-refractivity contribution is -0.716. The minimum atomic E-state index is -7.62. The van der Waals surface area contributed by atoms with Gasteiger partial charge in [0.25, 0.3) is 0 Å². The summed E-state index contributed by atoms with van der Waals surface area (Å²) in [5, 5.41) is -14.0. The van der Waals surface area contributed by atoms with Crippen molar-refractivity contribution >= 4 is 20.0 Å². The molecule has 0 aliphatic rings. The molecule has 0 aromatic carbocycles. The quantitative estimate of drug-likeness (QED) is 0.452. The summed E-state index contributed by atoms with van der Waals surface area (Å²) in [6, 6.07) is 6.69. The fourth-order valence-corrected chi connectivity index (χ4v) is 3.64. The van der Waals surface area contributed by atoms with Gasteiger partial charge >= 0.3 is 22.9 Å². The highest BCUT2D eigenvalue weighted by atomic mass is 32.3. The summed E-state index contributed by atoms with van der Waals surface area (Å²) in [5.41, 5.74) is 0. The van der Waals surface area contributed by atoms with E-state index >= 15 is 0 Å². The Hall–Kier alpha value is -1.69. The van der Waals surface area contributed by atoms with Crippen LogP contribution in [0.2, 0.25) is 0 Å². The first-order chi connectivity index (χ1) is 13.0. The van der Waals surface area contributed by atoms with Crippen LogP contribution in [0, 0.1) is 0 Å². The molecule has 0 radical (unpaired) electrons.